The van der Waals surface area contributed by atoms with E-state index in [0.29, 0.717) is 12.2 Å². The number of para-hydroxylation sites is 1. The van der Waals surface area contributed by atoms with E-state index < -0.39 is 0 Å². The first-order valence-electron chi connectivity index (χ1n) is 4.86. The molecule has 0 bridgehead atoms. The third-order valence-corrected chi connectivity index (χ3v) is 2.39. The average molecular weight is 204 g/mol. The zero-order valence-corrected chi connectivity index (χ0v) is 8.57. The van der Waals surface area contributed by atoms with Crippen LogP contribution in [0.2, 0.25) is 0 Å². The molecule has 2 aromatic rings. The monoisotopic (exact) mass is 204 g/mol. The Hall–Kier alpha value is -1.77. The highest BCUT2D eigenvalue weighted by Crippen LogP contribution is 2.13. The molecular formula is C12H13FN2. The molecule has 1 aromatic heterocycles. The van der Waals surface area contributed by atoms with Crippen LogP contribution in [-0.4, -0.2) is 4.57 Å². The number of hydrogen-bond acceptors (Lipinski definition) is 1. The number of benzene rings is 1. The SMILES string of the molecule is Cn1cccc1CNc1ccccc1F. The van der Waals surface area contributed by atoms with Crippen molar-refractivity contribution in [3.8, 4) is 0 Å². The summed E-state index contributed by atoms with van der Waals surface area (Å²) < 4.78 is 15.3. The van der Waals surface area contributed by atoms with Crippen molar-refractivity contribution in [2.75, 3.05) is 5.32 Å². The Bertz CT molecular complexity index is 448. The molecule has 15 heavy (non-hydrogen) atoms. The van der Waals surface area contributed by atoms with Gasteiger partial charge in [-0.3, -0.25) is 0 Å². The molecule has 0 radical (unpaired) electrons. The van der Waals surface area contributed by atoms with Crippen LogP contribution in [-0.2, 0) is 13.6 Å². The zero-order valence-electron chi connectivity index (χ0n) is 8.57. The number of hydrogen-bond donors (Lipinski definition) is 1. The highest BCUT2D eigenvalue weighted by molar-refractivity contribution is 5.44. The zero-order chi connectivity index (χ0) is 10.7. The van der Waals surface area contributed by atoms with Gasteiger partial charge in [-0.05, 0) is 24.3 Å². The van der Waals surface area contributed by atoms with Crippen LogP contribution in [0.3, 0.4) is 0 Å². The molecule has 2 rings (SSSR count). The molecule has 0 unspecified atom stereocenters. The summed E-state index contributed by atoms with van der Waals surface area (Å²) in [4.78, 5) is 0. The van der Waals surface area contributed by atoms with E-state index in [9.17, 15) is 4.39 Å². The van der Waals surface area contributed by atoms with Crippen LogP contribution in [0.25, 0.3) is 0 Å². The fourth-order valence-electron chi connectivity index (χ4n) is 1.47. The van der Waals surface area contributed by atoms with Crippen molar-refractivity contribution in [1.29, 1.82) is 0 Å². The molecule has 0 saturated heterocycles. The molecule has 0 spiro atoms. The maximum atomic E-state index is 13.2. The number of rotatable bonds is 3. The third-order valence-electron chi connectivity index (χ3n) is 2.39. The summed E-state index contributed by atoms with van der Waals surface area (Å²) in [5.41, 5.74) is 1.66. The molecule has 3 heteroatoms. The third kappa shape index (κ3) is 2.18. The molecule has 78 valence electrons. The topological polar surface area (TPSA) is 17.0 Å². The molecule has 0 aliphatic carbocycles. The van der Waals surface area contributed by atoms with Gasteiger partial charge in [0.05, 0.1) is 12.2 Å². The minimum atomic E-state index is -0.216. The van der Waals surface area contributed by atoms with Crippen LogP contribution in [0.4, 0.5) is 10.1 Å². The summed E-state index contributed by atoms with van der Waals surface area (Å²) in [6, 6.07) is 10.7. The maximum Gasteiger partial charge on any atom is 0.146 e. The van der Waals surface area contributed by atoms with Crippen molar-refractivity contribution in [3.05, 3.63) is 54.1 Å². The van der Waals surface area contributed by atoms with Crippen molar-refractivity contribution in [1.82, 2.24) is 4.57 Å². The van der Waals surface area contributed by atoms with Gasteiger partial charge >= 0.3 is 0 Å². The molecule has 0 saturated carbocycles. The first-order valence-corrected chi connectivity index (χ1v) is 4.86. The lowest BCUT2D eigenvalue weighted by Crippen LogP contribution is -2.04. The van der Waals surface area contributed by atoms with Gasteiger partial charge in [-0.25, -0.2) is 4.39 Å². The molecule has 1 N–H and O–H groups in total. The van der Waals surface area contributed by atoms with E-state index in [-0.39, 0.29) is 5.82 Å². The minimum Gasteiger partial charge on any atom is -0.377 e. The van der Waals surface area contributed by atoms with Crippen molar-refractivity contribution in [3.63, 3.8) is 0 Å². The van der Waals surface area contributed by atoms with Gasteiger partial charge in [0.1, 0.15) is 5.82 Å². The van der Waals surface area contributed by atoms with E-state index in [1.807, 2.05) is 36.0 Å². The van der Waals surface area contributed by atoms with E-state index in [1.54, 1.807) is 12.1 Å². The fourth-order valence-corrected chi connectivity index (χ4v) is 1.47. The van der Waals surface area contributed by atoms with Crippen LogP contribution in [0.1, 0.15) is 5.69 Å². The summed E-state index contributed by atoms with van der Waals surface area (Å²) in [5, 5.41) is 3.06. The van der Waals surface area contributed by atoms with Crippen LogP contribution < -0.4 is 5.32 Å². The number of nitrogens with one attached hydrogen (secondary N) is 1. The van der Waals surface area contributed by atoms with Crippen LogP contribution in [0.15, 0.2) is 42.6 Å². The summed E-state index contributed by atoms with van der Waals surface area (Å²) in [5.74, 6) is -0.216. The van der Waals surface area contributed by atoms with Crippen molar-refractivity contribution >= 4 is 5.69 Å². The number of aryl methyl sites for hydroxylation is 1. The highest BCUT2D eigenvalue weighted by Gasteiger charge is 2.00. The Morgan fingerprint density at radius 3 is 2.67 bits per heavy atom. The smallest absolute Gasteiger partial charge is 0.146 e. The minimum absolute atomic E-state index is 0.216. The first kappa shape index (κ1) is 9.77. The molecule has 1 heterocycles. The molecule has 1 aromatic carbocycles. The van der Waals surface area contributed by atoms with Crippen LogP contribution in [0, 0.1) is 5.82 Å². The molecular weight excluding hydrogens is 191 g/mol. The van der Waals surface area contributed by atoms with Crippen molar-refractivity contribution in [2.45, 2.75) is 6.54 Å². The number of anilines is 1. The highest BCUT2D eigenvalue weighted by atomic mass is 19.1. The Balaban J connectivity index is 2.06. The number of aromatic nitrogens is 1. The number of nitrogens with zero attached hydrogens (tertiary/aromatic N) is 1. The van der Waals surface area contributed by atoms with E-state index in [0.717, 1.165) is 5.69 Å². The van der Waals surface area contributed by atoms with Gasteiger partial charge in [0, 0.05) is 18.9 Å². The first-order chi connectivity index (χ1) is 7.27. The van der Waals surface area contributed by atoms with Gasteiger partial charge < -0.3 is 9.88 Å². The molecule has 0 fully saturated rings. The summed E-state index contributed by atoms with van der Waals surface area (Å²) in [6.45, 7) is 0.629. The molecule has 2 nitrogen and oxygen atoms in total. The van der Waals surface area contributed by atoms with E-state index in [4.69, 9.17) is 0 Å². The van der Waals surface area contributed by atoms with Gasteiger partial charge in [0.25, 0.3) is 0 Å². The Labute approximate surface area is 88.4 Å². The second kappa shape index (κ2) is 4.17. The van der Waals surface area contributed by atoms with Gasteiger partial charge in [-0.15, -0.1) is 0 Å². The quantitative estimate of drug-likeness (QED) is 0.813. The summed E-state index contributed by atoms with van der Waals surface area (Å²) in [7, 11) is 1.97. The van der Waals surface area contributed by atoms with E-state index in [1.165, 1.54) is 6.07 Å². The lowest BCUT2D eigenvalue weighted by Gasteiger charge is -2.07. The van der Waals surface area contributed by atoms with Gasteiger partial charge in [0.15, 0.2) is 0 Å². The largest absolute Gasteiger partial charge is 0.377 e. The molecule has 0 aliphatic rings. The molecule has 0 atom stereocenters. The Morgan fingerprint density at radius 1 is 1.20 bits per heavy atom. The summed E-state index contributed by atoms with van der Waals surface area (Å²) >= 11 is 0. The lowest BCUT2D eigenvalue weighted by molar-refractivity contribution is 0.629. The maximum absolute atomic E-state index is 13.2. The van der Waals surface area contributed by atoms with Crippen molar-refractivity contribution < 1.29 is 4.39 Å². The fraction of sp³-hybridized carbons (Fsp3) is 0.167. The lowest BCUT2D eigenvalue weighted by atomic mass is 10.3. The van der Waals surface area contributed by atoms with Crippen LogP contribution >= 0.6 is 0 Å². The second-order valence-electron chi connectivity index (χ2n) is 3.44. The van der Waals surface area contributed by atoms with E-state index >= 15 is 0 Å². The predicted molar refractivity (Wildman–Crippen MR) is 59.1 cm³/mol. The molecule has 0 aliphatic heterocycles. The van der Waals surface area contributed by atoms with Gasteiger partial charge in [-0.2, -0.15) is 0 Å². The molecule has 0 amide bonds. The average Bonchev–Trinajstić information content (AvgIpc) is 2.63. The van der Waals surface area contributed by atoms with E-state index in [2.05, 4.69) is 5.32 Å². The van der Waals surface area contributed by atoms with Crippen molar-refractivity contribution in [2.24, 2.45) is 7.05 Å². The second-order valence-corrected chi connectivity index (χ2v) is 3.44. The predicted octanol–water partition coefficient (Wildman–Crippen LogP) is 2.78. The Morgan fingerprint density at radius 2 is 2.00 bits per heavy atom. The summed E-state index contributed by atoms with van der Waals surface area (Å²) in [6.07, 6.45) is 1.97. The normalized spacial score (nSPS) is 10.3. The van der Waals surface area contributed by atoms with Crippen LogP contribution in [0.5, 0.6) is 0 Å². The van der Waals surface area contributed by atoms with Gasteiger partial charge in [0.2, 0.25) is 0 Å². The standard InChI is InChI=1S/C12H13FN2/c1-15-8-4-5-10(15)9-14-12-7-3-2-6-11(12)13/h2-8,14H,9H2,1H3. The van der Waals surface area contributed by atoms with Gasteiger partial charge in [-0.1, -0.05) is 12.1 Å². The number of halogens is 1. The Kier molecular flexibility index (Phi) is 2.72.